The van der Waals surface area contributed by atoms with Crippen LogP contribution in [0.2, 0.25) is 0 Å². The van der Waals surface area contributed by atoms with E-state index in [-0.39, 0.29) is 5.91 Å². The van der Waals surface area contributed by atoms with Gasteiger partial charge in [0.25, 0.3) is 5.91 Å². The highest BCUT2D eigenvalue weighted by atomic mass is 32.2. The molecule has 0 bridgehead atoms. The molecule has 0 saturated heterocycles. The molecule has 5 nitrogen and oxygen atoms in total. The minimum absolute atomic E-state index is 0.151. The van der Waals surface area contributed by atoms with Gasteiger partial charge in [-0.15, -0.1) is 0 Å². The van der Waals surface area contributed by atoms with Gasteiger partial charge in [-0.1, -0.05) is 44.2 Å². The van der Waals surface area contributed by atoms with Gasteiger partial charge in [0.05, 0.1) is 0 Å². The van der Waals surface area contributed by atoms with Crippen LogP contribution in [0.5, 0.6) is 5.75 Å². The number of benzene rings is 2. The highest BCUT2D eigenvalue weighted by Crippen LogP contribution is 2.18. The zero-order valence-electron chi connectivity index (χ0n) is 16.9. The molecule has 2 aromatic carbocycles. The lowest BCUT2D eigenvalue weighted by molar-refractivity contribution is 0.0950. The van der Waals surface area contributed by atoms with E-state index in [0.29, 0.717) is 24.5 Å². The molecule has 2 rings (SSSR count). The van der Waals surface area contributed by atoms with Crippen molar-refractivity contribution in [1.82, 2.24) is 10.2 Å². The molecule has 0 aliphatic rings. The van der Waals surface area contributed by atoms with Crippen molar-refractivity contribution in [1.29, 1.82) is 0 Å². The molecule has 28 heavy (non-hydrogen) atoms. The molecule has 1 atom stereocenters. The molecule has 0 heterocycles. The minimum atomic E-state index is -0.935. The Bertz CT molecular complexity index is 791. The third-order valence-corrected chi connectivity index (χ3v) is 5.27. The Morgan fingerprint density at radius 1 is 1.11 bits per heavy atom. The number of rotatable bonds is 11. The first-order valence-corrected chi connectivity index (χ1v) is 11.4. The predicted octanol–water partition coefficient (Wildman–Crippen LogP) is 3.22. The van der Waals surface area contributed by atoms with Crippen molar-refractivity contribution in [3.8, 4) is 5.75 Å². The van der Waals surface area contributed by atoms with E-state index in [1.165, 1.54) is 0 Å². The summed E-state index contributed by atoms with van der Waals surface area (Å²) >= 11 is 0. The van der Waals surface area contributed by atoms with Crippen LogP contribution in [-0.2, 0) is 23.1 Å². The maximum Gasteiger partial charge on any atom is 0.251 e. The second kappa shape index (κ2) is 11.6. The van der Waals surface area contributed by atoms with Gasteiger partial charge in [-0.3, -0.25) is 9.00 Å². The van der Waals surface area contributed by atoms with Gasteiger partial charge in [-0.05, 0) is 36.9 Å². The Labute approximate surface area is 170 Å². The van der Waals surface area contributed by atoms with Crippen LogP contribution in [-0.4, -0.2) is 47.5 Å². The fourth-order valence-corrected chi connectivity index (χ4v) is 3.58. The second-order valence-electron chi connectivity index (χ2n) is 6.58. The monoisotopic (exact) mass is 402 g/mol. The summed E-state index contributed by atoms with van der Waals surface area (Å²) in [5, 5.41) is 2.95. The van der Waals surface area contributed by atoms with Crippen molar-refractivity contribution in [3.05, 3.63) is 65.2 Å². The zero-order chi connectivity index (χ0) is 20.4. The SMILES string of the molecule is CCN(CC)CCOc1ccccc1CNC(=O)c1cccc(CS(C)=O)c1. The number of nitrogens with one attached hydrogen (secondary N) is 1. The van der Waals surface area contributed by atoms with Crippen molar-refractivity contribution in [2.45, 2.75) is 26.1 Å². The number of amides is 1. The molecule has 0 radical (unpaired) electrons. The standard InChI is InChI=1S/C22H30N2O3S/c1-4-24(5-2)13-14-27-21-12-7-6-10-20(21)16-23-22(25)19-11-8-9-18(15-19)17-28(3)26/h6-12,15H,4-5,13-14,16-17H2,1-3H3,(H,23,25). The van der Waals surface area contributed by atoms with Gasteiger partial charge in [0.15, 0.2) is 0 Å². The van der Waals surface area contributed by atoms with Crippen molar-refractivity contribution >= 4 is 16.7 Å². The van der Waals surface area contributed by atoms with Crippen LogP contribution in [0.4, 0.5) is 0 Å². The van der Waals surface area contributed by atoms with Crippen molar-refractivity contribution < 1.29 is 13.7 Å². The summed E-state index contributed by atoms with van der Waals surface area (Å²) in [6.07, 6.45) is 1.66. The van der Waals surface area contributed by atoms with E-state index < -0.39 is 10.8 Å². The predicted molar refractivity (Wildman–Crippen MR) is 115 cm³/mol. The van der Waals surface area contributed by atoms with E-state index in [0.717, 1.165) is 36.5 Å². The molecule has 0 aromatic heterocycles. The molecule has 6 heteroatoms. The molecule has 2 aromatic rings. The minimum Gasteiger partial charge on any atom is -0.492 e. The van der Waals surface area contributed by atoms with E-state index in [1.54, 1.807) is 18.4 Å². The molecule has 1 amide bonds. The summed E-state index contributed by atoms with van der Waals surface area (Å²) in [6, 6.07) is 15.0. The van der Waals surface area contributed by atoms with E-state index in [9.17, 15) is 9.00 Å². The van der Waals surface area contributed by atoms with Crippen molar-refractivity contribution in [3.63, 3.8) is 0 Å². The van der Waals surface area contributed by atoms with Crippen LogP contribution in [0.3, 0.4) is 0 Å². The number of likely N-dealkylation sites (N-methyl/N-ethyl adjacent to an activating group) is 1. The average molecular weight is 403 g/mol. The molecule has 1 N–H and O–H groups in total. The number of hydrogen-bond donors (Lipinski definition) is 1. The van der Waals surface area contributed by atoms with Crippen LogP contribution < -0.4 is 10.1 Å². The average Bonchev–Trinajstić information content (AvgIpc) is 2.70. The largest absolute Gasteiger partial charge is 0.492 e. The molecule has 152 valence electrons. The Morgan fingerprint density at radius 3 is 2.57 bits per heavy atom. The summed E-state index contributed by atoms with van der Waals surface area (Å²) in [4.78, 5) is 14.8. The second-order valence-corrected chi connectivity index (χ2v) is 8.02. The number of hydrogen-bond acceptors (Lipinski definition) is 4. The van der Waals surface area contributed by atoms with Gasteiger partial charge in [0, 0.05) is 47.0 Å². The number of nitrogens with zero attached hydrogens (tertiary/aromatic N) is 1. The maximum absolute atomic E-state index is 12.5. The molecule has 0 spiro atoms. The topological polar surface area (TPSA) is 58.6 Å². The number of para-hydroxylation sites is 1. The fourth-order valence-electron chi connectivity index (χ4n) is 2.93. The van der Waals surface area contributed by atoms with Gasteiger partial charge in [0.2, 0.25) is 0 Å². The summed E-state index contributed by atoms with van der Waals surface area (Å²) in [5.74, 6) is 1.09. The molecule has 0 fully saturated rings. The molecule has 1 unspecified atom stereocenters. The third-order valence-electron chi connectivity index (χ3n) is 4.53. The van der Waals surface area contributed by atoms with E-state index in [2.05, 4.69) is 24.1 Å². The number of carbonyl (C=O) groups excluding carboxylic acids is 1. The lowest BCUT2D eigenvalue weighted by Crippen LogP contribution is -2.28. The molecular formula is C22H30N2O3S. The van der Waals surface area contributed by atoms with E-state index in [4.69, 9.17) is 4.74 Å². The van der Waals surface area contributed by atoms with Crippen LogP contribution in [0.25, 0.3) is 0 Å². The third kappa shape index (κ3) is 7.09. The lowest BCUT2D eigenvalue weighted by atomic mass is 10.1. The number of carbonyl (C=O) groups is 1. The molecule has 0 aliphatic heterocycles. The summed E-state index contributed by atoms with van der Waals surface area (Å²) in [7, 11) is -0.935. The zero-order valence-corrected chi connectivity index (χ0v) is 17.8. The smallest absolute Gasteiger partial charge is 0.251 e. The first-order valence-electron chi connectivity index (χ1n) is 9.63. The number of ether oxygens (including phenoxy) is 1. The normalized spacial score (nSPS) is 12.0. The Kier molecular flexibility index (Phi) is 9.17. The first kappa shape index (κ1) is 22.1. The van der Waals surface area contributed by atoms with Crippen LogP contribution in [0.15, 0.2) is 48.5 Å². The maximum atomic E-state index is 12.5. The van der Waals surface area contributed by atoms with Gasteiger partial charge >= 0.3 is 0 Å². The molecule has 0 saturated carbocycles. The highest BCUT2D eigenvalue weighted by molar-refractivity contribution is 7.83. The van der Waals surface area contributed by atoms with Gasteiger partial charge < -0.3 is 15.0 Å². The van der Waals surface area contributed by atoms with Gasteiger partial charge in [-0.25, -0.2) is 0 Å². The summed E-state index contributed by atoms with van der Waals surface area (Å²) in [6.45, 7) is 8.16. The van der Waals surface area contributed by atoms with Gasteiger partial charge in [0.1, 0.15) is 12.4 Å². The van der Waals surface area contributed by atoms with Crippen LogP contribution in [0, 0.1) is 0 Å². The van der Waals surface area contributed by atoms with Crippen molar-refractivity contribution in [2.24, 2.45) is 0 Å². The van der Waals surface area contributed by atoms with Crippen molar-refractivity contribution in [2.75, 3.05) is 32.5 Å². The highest BCUT2D eigenvalue weighted by Gasteiger charge is 2.09. The Hall–Kier alpha value is -2.18. The molecule has 0 aliphatic carbocycles. The summed E-state index contributed by atoms with van der Waals surface area (Å²) in [5.41, 5.74) is 2.41. The molecular weight excluding hydrogens is 372 g/mol. The fraction of sp³-hybridized carbons (Fsp3) is 0.409. The summed E-state index contributed by atoms with van der Waals surface area (Å²) < 4.78 is 17.3. The van der Waals surface area contributed by atoms with Gasteiger partial charge in [-0.2, -0.15) is 0 Å². The van der Waals surface area contributed by atoms with E-state index in [1.807, 2.05) is 36.4 Å². The Morgan fingerprint density at radius 2 is 1.86 bits per heavy atom. The van der Waals surface area contributed by atoms with E-state index >= 15 is 0 Å². The first-order chi connectivity index (χ1) is 13.5. The quantitative estimate of drug-likeness (QED) is 0.627. The van der Waals surface area contributed by atoms with Crippen LogP contribution >= 0.6 is 0 Å². The lowest BCUT2D eigenvalue weighted by Gasteiger charge is -2.19. The Balaban J connectivity index is 1.95. The van der Waals surface area contributed by atoms with Crippen LogP contribution in [0.1, 0.15) is 35.3 Å².